The van der Waals surface area contributed by atoms with Crippen molar-refractivity contribution in [1.82, 2.24) is 0 Å². The van der Waals surface area contributed by atoms with Crippen molar-refractivity contribution in [2.24, 2.45) is 5.41 Å². The molecule has 0 aromatic rings. The zero-order valence-electron chi connectivity index (χ0n) is 5.26. The topological polar surface area (TPSA) is 40.9 Å². The molecule has 0 aromatic heterocycles. The van der Waals surface area contributed by atoms with Crippen molar-refractivity contribution in [3.63, 3.8) is 0 Å². The van der Waals surface area contributed by atoms with Gasteiger partial charge in [-0.2, -0.15) is 5.26 Å². The Kier molecular flexibility index (Phi) is 1.52. The minimum absolute atomic E-state index is 0.0824. The van der Waals surface area contributed by atoms with E-state index < -0.39 is 0 Å². The Bertz CT molecular complexity index is 153. The first-order valence-electron chi connectivity index (χ1n) is 3.18. The number of rotatable bonds is 3. The molecule has 0 spiro atoms. The van der Waals surface area contributed by atoms with Gasteiger partial charge in [-0.3, -0.25) is 0 Å². The van der Waals surface area contributed by atoms with Gasteiger partial charge in [-0.25, -0.2) is 0 Å². The number of nitriles is 1. The van der Waals surface area contributed by atoms with Crippen LogP contribution in [-0.4, -0.2) is 6.29 Å². The van der Waals surface area contributed by atoms with E-state index in [1.54, 1.807) is 0 Å². The summed E-state index contributed by atoms with van der Waals surface area (Å²) in [6.07, 6.45) is 4.20. The maximum atomic E-state index is 9.89. The Hall–Kier alpha value is -0.840. The molecule has 0 N–H and O–H groups in total. The van der Waals surface area contributed by atoms with Gasteiger partial charge in [0, 0.05) is 6.42 Å². The molecule has 1 saturated carbocycles. The van der Waals surface area contributed by atoms with E-state index >= 15 is 0 Å². The van der Waals surface area contributed by atoms with E-state index in [4.69, 9.17) is 5.26 Å². The second kappa shape index (κ2) is 2.18. The molecule has 0 amide bonds. The smallest absolute Gasteiger partial charge is 0.120 e. The summed E-state index contributed by atoms with van der Waals surface area (Å²) in [6, 6.07) is 2.23. The third-order valence-electron chi connectivity index (χ3n) is 1.83. The van der Waals surface area contributed by atoms with Crippen LogP contribution in [0.5, 0.6) is 0 Å². The molecule has 0 atom stereocenters. The molecular weight excluding hydrogens is 114 g/mol. The Morgan fingerprint density at radius 1 is 1.67 bits per heavy atom. The maximum absolute atomic E-state index is 9.89. The van der Waals surface area contributed by atoms with Crippen LogP contribution >= 0.6 is 0 Å². The summed E-state index contributed by atoms with van der Waals surface area (Å²) < 4.78 is 0. The van der Waals surface area contributed by atoms with Crippen molar-refractivity contribution < 1.29 is 4.79 Å². The number of aldehydes is 1. The van der Waals surface area contributed by atoms with Crippen LogP contribution in [0.4, 0.5) is 0 Å². The Labute approximate surface area is 54.5 Å². The monoisotopic (exact) mass is 123 g/mol. The van der Waals surface area contributed by atoms with Gasteiger partial charge in [0.05, 0.1) is 11.5 Å². The van der Waals surface area contributed by atoms with Crippen LogP contribution in [-0.2, 0) is 4.79 Å². The lowest BCUT2D eigenvalue weighted by molar-refractivity contribution is -0.108. The summed E-state index contributed by atoms with van der Waals surface area (Å²) in [5, 5.41) is 8.52. The molecule has 1 rings (SSSR count). The van der Waals surface area contributed by atoms with Crippen LogP contribution < -0.4 is 0 Å². The van der Waals surface area contributed by atoms with E-state index in [1.165, 1.54) is 0 Å². The van der Waals surface area contributed by atoms with Crippen molar-refractivity contribution in [2.75, 3.05) is 0 Å². The molecule has 0 bridgehead atoms. The third kappa shape index (κ3) is 1.29. The van der Waals surface area contributed by atoms with Gasteiger partial charge in [0.2, 0.25) is 0 Å². The van der Waals surface area contributed by atoms with Crippen LogP contribution in [0.25, 0.3) is 0 Å². The molecule has 1 aliphatic rings. The fourth-order valence-corrected chi connectivity index (χ4v) is 0.904. The summed E-state index contributed by atoms with van der Waals surface area (Å²) >= 11 is 0. The van der Waals surface area contributed by atoms with Gasteiger partial charge < -0.3 is 4.79 Å². The molecule has 0 radical (unpaired) electrons. The predicted molar refractivity (Wildman–Crippen MR) is 32.6 cm³/mol. The van der Waals surface area contributed by atoms with Crippen LogP contribution in [0.15, 0.2) is 0 Å². The van der Waals surface area contributed by atoms with Gasteiger partial charge in [0.25, 0.3) is 0 Å². The predicted octanol–water partition coefficient (Wildman–Crippen LogP) is 1.27. The summed E-state index contributed by atoms with van der Waals surface area (Å²) in [5.41, 5.74) is -0.0824. The second-order valence-corrected chi connectivity index (χ2v) is 2.60. The fraction of sp³-hybridized carbons (Fsp3) is 0.714. The van der Waals surface area contributed by atoms with Gasteiger partial charge in [-0.1, -0.05) is 0 Å². The highest BCUT2D eigenvalue weighted by Gasteiger charge is 2.42. The fourth-order valence-electron chi connectivity index (χ4n) is 0.904. The second-order valence-electron chi connectivity index (χ2n) is 2.60. The lowest BCUT2D eigenvalue weighted by Crippen LogP contribution is -1.94. The average molecular weight is 123 g/mol. The molecule has 9 heavy (non-hydrogen) atoms. The number of nitrogens with zero attached hydrogens (tertiary/aromatic N) is 1. The van der Waals surface area contributed by atoms with Crippen LogP contribution in [0.3, 0.4) is 0 Å². The standard InChI is InChI=1S/C7H9NO/c8-6-7(3-4-7)2-1-5-9/h5H,1-4H2. The van der Waals surface area contributed by atoms with E-state index in [0.717, 1.165) is 25.5 Å². The van der Waals surface area contributed by atoms with Crippen LogP contribution in [0, 0.1) is 16.7 Å². The van der Waals surface area contributed by atoms with Crippen molar-refractivity contribution >= 4 is 6.29 Å². The highest BCUT2D eigenvalue weighted by Crippen LogP contribution is 2.48. The molecule has 0 aromatic carbocycles. The molecular formula is C7H9NO. The van der Waals surface area contributed by atoms with Crippen molar-refractivity contribution in [3.8, 4) is 6.07 Å². The zero-order valence-corrected chi connectivity index (χ0v) is 5.26. The van der Waals surface area contributed by atoms with Gasteiger partial charge >= 0.3 is 0 Å². The molecule has 0 heterocycles. The summed E-state index contributed by atoms with van der Waals surface area (Å²) in [4.78, 5) is 9.89. The number of carbonyl (C=O) groups excluding carboxylic acids is 1. The lowest BCUT2D eigenvalue weighted by Gasteiger charge is -1.97. The first kappa shape index (κ1) is 6.28. The van der Waals surface area contributed by atoms with Gasteiger partial charge in [-0.15, -0.1) is 0 Å². The molecule has 0 unspecified atom stereocenters. The normalized spacial score (nSPS) is 20.3. The highest BCUT2D eigenvalue weighted by atomic mass is 16.1. The lowest BCUT2D eigenvalue weighted by atomic mass is 10.0. The Balaban J connectivity index is 2.27. The number of carbonyl (C=O) groups is 1. The minimum Gasteiger partial charge on any atom is -0.303 e. The van der Waals surface area contributed by atoms with Crippen LogP contribution in [0.1, 0.15) is 25.7 Å². The van der Waals surface area contributed by atoms with Crippen molar-refractivity contribution in [3.05, 3.63) is 0 Å². The zero-order chi connectivity index (χ0) is 6.74. The van der Waals surface area contributed by atoms with E-state index in [0.29, 0.717) is 6.42 Å². The first-order chi connectivity index (χ1) is 4.33. The summed E-state index contributed by atoms with van der Waals surface area (Å²) in [5.74, 6) is 0. The molecule has 2 nitrogen and oxygen atoms in total. The molecule has 0 saturated heterocycles. The van der Waals surface area contributed by atoms with Crippen LogP contribution in [0.2, 0.25) is 0 Å². The number of hydrogen-bond donors (Lipinski definition) is 0. The minimum atomic E-state index is -0.0824. The van der Waals surface area contributed by atoms with Gasteiger partial charge in [-0.05, 0) is 19.3 Å². The van der Waals surface area contributed by atoms with Crippen molar-refractivity contribution in [2.45, 2.75) is 25.7 Å². The maximum Gasteiger partial charge on any atom is 0.120 e. The number of hydrogen-bond acceptors (Lipinski definition) is 2. The van der Waals surface area contributed by atoms with Gasteiger partial charge in [0.15, 0.2) is 0 Å². The quantitative estimate of drug-likeness (QED) is 0.530. The van der Waals surface area contributed by atoms with Crippen molar-refractivity contribution in [1.29, 1.82) is 5.26 Å². The summed E-state index contributed by atoms with van der Waals surface area (Å²) in [6.45, 7) is 0. The Morgan fingerprint density at radius 2 is 2.33 bits per heavy atom. The average Bonchev–Trinajstić information content (AvgIpc) is 2.65. The van der Waals surface area contributed by atoms with E-state index in [-0.39, 0.29) is 5.41 Å². The Morgan fingerprint density at radius 3 is 2.67 bits per heavy atom. The first-order valence-corrected chi connectivity index (χ1v) is 3.18. The largest absolute Gasteiger partial charge is 0.303 e. The molecule has 48 valence electrons. The third-order valence-corrected chi connectivity index (χ3v) is 1.83. The molecule has 1 aliphatic carbocycles. The van der Waals surface area contributed by atoms with E-state index in [1.807, 2.05) is 0 Å². The highest BCUT2D eigenvalue weighted by molar-refractivity contribution is 5.49. The molecule has 0 aliphatic heterocycles. The summed E-state index contributed by atoms with van der Waals surface area (Å²) in [7, 11) is 0. The van der Waals surface area contributed by atoms with Gasteiger partial charge in [0.1, 0.15) is 6.29 Å². The SMILES string of the molecule is N#CC1(CCC=O)CC1. The van der Waals surface area contributed by atoms with E-state index in [2.05, 4.69) is 6.07 Å². The molecule has 2 heteroatoms. The van der Waals surface area contributed by atoms with E-state index in [9.17, 15) is 4.79 Å². The molecule has 1 fully saturated rings.